The quantitative estimate of drug-likeness (QED) is 0.348. The third-order valence-electron chi connectivity index (χ3n) is 5.04. The summed E-state index contributed by atoms with van der Waals surface area (Å²) in [6.45, 7) is 2.75. The van der Waals surface area contributed by atoms with Gasteiger partial charge in [-0.15, -0.1) is 0 Å². The highest BCUT2D eigenvalue weighted by Gasteiger charge is 2.28. The number of hydrogen-bond donors (Lipinski definition) is 3. The second kappa shape index (κ2) is 18.2. The number of hydroxylamine groups is 2. The third-order valence-corrected chi connectivity index (χ3v) is 5.04. The van der Waals surface area contributed by atoms with Gasteiger partial charge in [0, 0.05) is 13.0 Å². The second-order valence-corrected chi connectivity index (χ2v) is 7.62. The fourth-order valence-corrected chi connectivity index (χ4v) is 3.32. The molecule has 0 aromatic carbocycles. The monoisotopic (exact) mass is 386 g/mol. The van der Waals surface area contributed by atoms with Gasteiger partial charge < -0.3 is 16.0 Å². The van der Waals surface area contributed by atoms with E-state index in [9.17, 15) is 9.59 Å². The number of amides is 1. The molecule has 1 atom stereocenters. The molecule has 27 heavy (non-hydrogen) atoms. The van der Waals surface area contributed by atoms with E-state index >= 15 is 0 Å². The Morgan fingerprint density at radius 2 is 1.33 bits per heavy atom. The molecular weight excluding hydrogens is 344 g/mol. The van der Waals surface area contributed by atoms with Crippen LogP contribution in [0.2, 0.25) is 0 Å². The van der Waals surface area contributed by atoms with Crippen LogP contribution in [0.3, 0.4) is 0 Å². The summed E-state index contributed by atoms with van der Waals surface area (Å²) in [4.78, 5) is 20.7. The molecule has 0 bridgehead atoms. The average molecular weight is 387 g/mol. The minimum absolute atomic E-state index is 0.155. The lowest BCUT2D eigenvalue weighted by Gasteiger charge is -2.11. The zero-order valence-corrected chi connectivity index (χ0v) is 17.3. The van der Waals surface area contributed by atoms with Crippen molar-refractivity contribution in [2.75, 3.05) is 6.54 Å². The van der Waals surface area contributed by atoms with Crippen molar-refractivity contribution >= 4 is 11.9 Å². The molecule has 4 N–H and O–H groups in total. The van der Waals surface area contributed by atoms with Crippen molar-refractivity contribution in [1.29, 1.82) is 0 Å². The van der Waals surface area contributed by atoms with Crippen LogP contribution in [0.15, 0.2) is 0 Å². The number of unbranched alkanes of at least 4 members (excludes halogenated alkanes) is 12. The van der Waals surface area contributed by atoms with Crippen LogP contribution in [-0.4, -0.2) is 39.8 Å². The van der Waals surface area contributed by atoms with Crippen molar-refractivity contribution in [3.8, 4) is 0 Å². The molecular formula is C21H42N2O4. The van der Waals surface area contributed by atoms with Crippen LogP contribution in [0.5, 0.6) is 0 Å². The molecule has 6 heteroatoms. The van der Waals surface area contributed by atoms with Crippen LogP contribution in [0.4, 0.5) is 0 Å². The summed E-state index contributed by atoms with van der Waals surface area (Å²) in [6, 6.07) is -0.662. The van der Waals surface area contributed by atoms with Crippen molar-refractivity contribution in [3.63, 3.8) is 0 Å². The number of hydrogen-bond acceptors (Lipinski definition) is 4. The van der Waals surface area contributed by atoms with E-state index in [-0.39, 0.29) is 5.91 Å². The van der Waals surface area contributed by atoms with E-state index in [2.05, 4.69) is 6.92 Å². The SMILES string of the molecule is CCCCCCCCCCCCCCCC(N)=O.O=C(O)C1CCCN1O. The fraction of sp³-hybridized carbons (Fsp3) is 0.905. The first-order chi connectivity index (χ1) is 13.0. The molecule has 6 nitrogen and oxygen atoms in total. The highest BCUT2D eigenvalue weighted by molar-refractivity contribution is 5.73. The number of nitrogens with two attached hydrogens (primary N) is 1. The predicted octanol–water partition coefficient (Wildman–Crippen LogP) is 4.88. The molecule has 0 spiro atoms. The lowest BCUT2D eigenvalue weighted by molar-refractivity contribution is -0.161. The molecule has 1 amide bonds. The minimum Gasteiger partial charge on any atom is -0.480 e. The van der Waals surface area contributed by atoms with Gasteiger partial charge in [0.15, 0.2) is 0 Å². The van der Waals surface area contributed by atoms with Gasteiger partial charge in [0.05, 0.1) is 0 Å². The van der Waals surface area contributed by atoms with Gasteiger partial charge in [-0.25, -0.2) is 0 Å². The average Bonchev–Trinajstić information content (AvgIpc) is 3.05. The lowest BCUT2D eigenvalue weighted by atomic mass is 10.0. The molecule has 0 saturated carbocycles. The molecule has 160 valence electrons. The first-order valence-electron chi connectivity index (χ1n) is 11.0. The summed E-state index contributed by atoms with van der Waals surface area (Å²) < 4.78 is 0. The van der Waals surface area contributed by atoms with E-state index < -0.39 is 12.0 Å². The van der Waals surface area contributed by atoms with Gasteiger partial charge in [-0.05, 0) is 19.3 Å². The van der Waals surface area contributed by atoms with Crippen LogP contribution < -0.4 is 5.73 Å². The molecule has 0 aromatic heterocycles. The van der Waals surface area contributed by atoms with E-state index in [0.717, 1.165) is 17.9 Å². The molecule has 0 radical (unpaired) electrons. The lowest BCUT2D eigenvalue weighted by Crippen LogP contribution is -2.32. The summed E-state index contributed by atoms with van der Waals surface area (Å²) >= 11 is 0. The Labute approximate surface area is 165 Å². The summed E-state index contributed by atoms with van der Waals surface area (Å²) in [5.41, 5.74) is 5.09. The Hall–Kier alpha value is -1.14. The Morgan fingerprint density at radius 3 is 1.63 bits per heavy atom. The number of carboxylic acids is 1. The number of carboxylic acid groups (broad SMARTS) is 1. The number of aliphatic carboxylic acids is 1. The van der Waals surface area contributed by atoms with Crippen molar-refractivity contribution in [1.82, 2.24) is 5.06 Å². The highest BCUT2D eigenvalue weighted by atomic mass is 16.5. The summed E-state index contributed by atoms with van der Waals surface area (Å²) in [7, 11) is 0. The van der Waals surface area contributed by atoms with Crippen LogP contribution >= 0.6 is 0 Å². The zero-order valence-electron chi connectivity index (χ0n) is 17.3. The van der Waals surface area contributed by atoms with Gasteiger partial charge in [0.25, 0.3) is 0 Å². The Balaban J connectivity index is 0.000000621. The van der Waals surface area contributed by atoms with E-state index in [1.807, 2.05) is 0 Å². The van der Waals surface area contributed by atoms with E-state index in [0.29, 0.717) is 19.4 Å². The van der Waals surface area contributed by atoms with Gasteiger partial charge >= 0.3 is 5.97 Å². The van der Waals surface area contributed by atoms with Gasteiger partial charge in [0.1, 0.15) is 6.04 Å². The highest BCUT2D eigenvalue weighted by Crippen LogP contribution is 2.14. The third kappa shape index (κ3) is 16.7. The molecule has 1 unspecified atom stereocenters. The first kappa shape index (κ1) is 25.9. The summed E-state index contributed by atoms with van der Waals surface area (Å²) in [6.07, 6.45) is 19.3. The van der Waals surface area contributed by atoms with Gasteiger partial charge in [-0.2, -0.15) is 5.06 Å². The van der Waals surface area contributed by atoms with Gasteiger partial charge in [0.2, 0.25) is 5.91 Å². The smallest absolute Gasteiger partial charge is 0.323 e. The standard InChI is InChI=1S/C16H33NO.C5H9NO3/c1-2-3-4-5-6-7-8-9-10-11-12-13-14-15-16(17)18;7-5(8)4-2-1-3-6(4)9/h2-15H2,1H3,(H2,17,18);4,9H,1-3H2,(H,7,8). The largest absolute Gasteiger partial charge is 0.480 e. The van der Waals surface area contributed by atoms with Crippen LogP contribution in [0.1, 0.15) is 110 Å². The Morgan fingerprint density at radius 1 is 0.889 bits per heavy atom. The maximum absolute atomic E-state index is 10.5. The Kier molecular flexibility index (Phi) is 17.5. The van der Waals surface area contributed by atoms with Crippen molar-refractivity contribution < 1.29 is 19.9 Å². The normalized spacial score (nSPS) is 16.7. The van der Waals surface area contributed by atoms with Gasteiger partial charge in [-0.1, -0.05) is 84.0 Å². The van der Waals surface area contributed by atoms with Gasteiger partial charge in [-0.3, -0.25) is 9.59 Å². The molecule has 1 heterocycles. The molecule has 0 aromatic rings. The maximum Gasteiger partial charge on any atom is 0.323 e. The fourth-order valence-electron chi connectivity index (χ4n) is 3.32. The summed E-state index contributed by atoms with van der Waals surface area (Å²) in [5.74, 6) is -1.09. The molecule has 1 saturated heterocycles. The van der Waals surface area contributed by atoms with Crippen LogP contribution in [-0.2, 0) is 9.59 Å². The van der Waals surface area contributed by atoms with Crippen molar-refractivity contribution in [2.24, 2.45) is 5.73 Å². The molecule has 0 aliphatic carbocycles. The number of primary amides is 1. The number of carbonyl (C=O) groups excluding carboxylic acids is 1. The van der Waals surface area contributed by atoms with Crippen molar-refractivity contribution in [3.05, 3.63) is 0 Å². The number of carbonyl (C=O) groups is 2. The molecule has 1 fully saturated rings. The maximum atomic E-state index is 10.5. The van der Waals surface area contributed by atoms with Crippen molar-refractivity contribution in [2.45, 2.75) is 116 Å². The van der Waals surface area contributed by atoms with E-state index in [4.69, 9.17) is 16.0 Å². The topological polar surface area (TPSA) is 104 Å². The number of nitrogens with zero attached hydrogens (tertiary/aromatic N) is 1. The van der Waals surface area contributed by atoms with E-state index in [1.54, 1.807) is 0 Å². The van der Waals surface area contributed by atoms with Crippen LogP contribution in [0, 0.1) is 0 Å². The number of rotatable bonds is 15. The predicted molar refractivity (Wildman–Crippen MR) is 109 cm³/mol. The van der Waals surface area contributed by atoms with E-state index in [1.165, 1.54) is 77.0 Å². The minimum atomic E-state index is -0.935. The molecule has 1 aliphatic heterocycles. The molecule has 1 rings (SSSR count). The second-order valence-electron chi connectivity index (χ2n) is 7.62. The first-order valence-corrected chi connectivity index (χ1v) is 11.0. The summed E-state index contributed by atoms with van der Waals surface area (Å²) in [5, 5.41) is 18.1. The van der Waals surface area contributed by atoms with Crippen LogP contribution in [0.25, 0.3) is 0 Å². The Bertz CT molecular complexity index is 377. The zero-order chi connectivity index (χ0) is 20.3. The molecule has 1 aliphatic rings.